The minimum absolute atomic E-state index is 0.0366. The molecule has 2 aromatic rings. The molecule has 5 nitrogen and oxygen atoms in total. The highest BCUT2D eigenvalue weighted by Crippen LogP contribution is 2.51. The molecular formula is C26H30N2O3. The maximum atomic E-state index is 13.8. The standard InChI is InChI=1S/C26H30N2O3/c1-4-17(2)28-25(31)22-13-6-5-12-21(22)23(26(28)14-7-8-15-26)24(30)27-20-11-9-10-19(16-20)18(3)29/h5-6,9-13,16-17,23H,4,7-8,14-15H2,1-3H3,(H,27,30). The normalized spacial score (nSPS) is 20.4. The van der Waals surface area contributed by atoms with Crippen molar-refractivity contribution in [2.45, 2.75) is 70.4 Å². The number of Topliss-reactive ketones (excluding diaryl/α,β-unsaturated/α-hetero) is 1. The summed E-state index contributed by atoms with van der Waals surface area (Å²) in [6.45, 7) is 5.68. The zero-order chi connectivity index (χ0) is 22.2. The van der Waals surface area contributed by atoms with Gasteiger partial charge in [-0.25, -0.2) is 0 Å². The first-order valence-electron chi connectivity index (χ1n) is 11.2. The summed E-state index contributed by atoms with van der Waals surface area (Å²) < 4.78 is 0. The van der Waals surface area contributed by atoms with Gasteiger partial charge in [0.25, 0.3) is 5.91 Å². The van der Waals surface area contributed by atoms with Crippen LogP contribution in [0.5, 0.6) is 0 Å². The molecule has 1 N–H and O–H groups in total. The average Bonchev–Trinajstić information content (AvgIpc) is 3.23. The van der Waals surface area contributed by atoms with E-state index in [-0.39, 0.29) is 23.6 Å². The summed E-state index contributed by atoms with van der Waals surface area (Å²) in [5.41, 5.74) is 2.10. The first-order valence-corrected chi connectivity index (χ1v) is 11.2. The van der Waals surface area contributed by atoms with Crippen LogP contribution in [-0.4, -0.2) is 34.1 Å². The maximum Gasteiger partial charge on any atom is 0.254 e. The molecule has 4 rings (SSSR count). The highest BCUT2D eigenvalue weighted by atomic mass is 16.2. The molecule has 1 aliphatic heterocycles. The Morgan fingerprint density at radius 2 is 1.84 bits per heavy atom. The van der Waals surface area contributed by atoms with Gasteiger partial charge >= 0.3 is 0 Å². The number of ketones is 1. The quantitative estimate of drug-likeness (QED) is 0.681. The molecule has 0 aromatic heterocycles. The van der Waals surface area contributed by atoms with Crippen LogP contribution in [0.25, 0.3) is 0 Å². The van der Waals surface area contributed by atoms with Crippen molar-refractivity contribution < 1.29 is 14.4 Å². The third-order valence-electron chi connectivity index (χ3n) is 7.04. The number of amides is 2. The summed E-state index contributed by atoms with van der Waals surface area (Å²) in [7, 11) is 0. The third-order valence-corrected chi connectivity index (χ3v) is 7.04. The van der Waals surface area contributed by atoms with E-state index in [4.69, 9.17) is 0 Å². The molecule has 2 amide bonds. The van der Waals surface area contributed by atoms with Crippen LogP contribution in [0.4, 0.5) is 5.69 Å². The lowest BCUT2D eigenvalue weighted by atomic mass is 9.70. The smallest absolute Gasteiger partial charge is 0.254 e. The summed E-state index contributed by atoms with van der Waals surface area (Å²) in [5, 5.41) is 3.06. The van der Waals surface area contributed by atoms with Gasteiger partial charge in [0, 0.05) is 22.9 Å². The van der Waals surface area contributed by atoms with Crippen LogP contribution in [0.1, 0.15) is 85.1 Å². The SMILES string of the molecule is CCC(C)N1C(=O)c2ccccc2C(C(=O)Nc2cccc(C(C)=O)c2)C12CCCC2. The van der Waals surface area contributed by atoms with Gasteiger partial charge in [0.05, 0.1) is 11.5 Å². The van der Waals surface area contributed by atoms with Crippen molar-refractivity contribution in [2.24, 2.45) is 0 Å². The molecule has 1 spiro atoms. The number of benzene rings is 2. The van der Waals surface area contributed by atoms with E-state index in [1.54, 1.807) is 24.3 Å². The molecule has 1 heterocycles. The molecule has 1 saturated carbocycles. The second-order valence-corrected chi connectivity index (χ2v) is 8.89. The molecule has 31 heavy (non-hydrogen) atoms. The zero-order valence-electron chi connectivity index (χ0n) is 18.5. The minimum atomic E-state index is -0.511. The monoisotopic (exact) mass is 418 g/mol. The number of carbonyl (C=O) groups is 3. The number of nitrogens with one attached hydrogen (secondary N) is 1. The molecule has 1 fully saturated rings. The van der Waals surface area contributed by atoms with Crippen molar-refractivity contribution >= 4 is 23.3 Å². The molecule has 2 unspecified atom stereocenters. The zero-order valence-corrected chi connectivity index (χ0v) is 18.5. The predicted molar refractivity (Wildman–Crippen MR) is 121 cm³/mol. The number of hydrogen-bond acceptors (Lipinski definition) is 3. The van der Waals surface area contributed by atoms with Gasteiger partial charge in [-0.1, -0.05) is 50.1 Å². The Bertz CT molecular complexity index is 1020. The fourth-order valence-corrected chi connectivity index (χ4v) is 5.46. The van der Waals surface area contributed by atoms with Crippen molar-refractivity contribution in [1.82, 2.24) is 4.90 Å². The van der Waals surface area contributed by atoms with Gasteiger partial charge in [0.1, 0.15) is 0 Å². The molecule has 0 bridgehead atoms. The van der Waals surface area contributed by atoms with Crippen molar-refractivity contribution in [3.8, 4) is 0 Å². The molecular weight excluding hydrogens is 388 g/mol. The first kappa shape index (κ1) is 21.3. The van der Waals surface area contributed by atoms with Crippen LogP contribution in [0.3, 0.4) is 0 Å². The average molecular weight is 419 g/mol. The van der Waals surface area contributed by atoms with Crippen molar-refractivity contribution in [3.05, 3.63) is 65.2 Å². The van der Waals surface area contributed by atoms with Crippen LogP contribution < -0.4 is 5.32 Å². The molecule has 2 atom stereocenters. The van der Waals surface area contributed by atoms with Gasteiger partial charge in [0.2, 0.25) is 5.91 Å². The second-order valence-electron chi connectivity index (χ2n) is 8.89. The van der Waals surface area contributed by atoms with Gasteiger partial charge in [-0.3, -0.25) is 14.4 Å². The molecule has 5 heteroatoms. The van der Waals surface area contributed by atoms with E-state index in [1.165, 1.54) is 6.92 Å². The Labute approximate surface area is 183 Å². The van der Waals surface area contributed by atoms with Gasteiger partial charge in [-0.2, -0.15) is 0 Å². The summed E-state index contributed by atoms with van der Waals surface area (Å²) >= 11 is 0. The summed E-state index contributed by atoms with van der Waals surface area (Å²) in [6.07, 6.45) is 4.49. The Hall–Kier alpha value is -2.95. The largest absolute Gasteiger partial charge is 0.329 e. The Balaban J connectivity index is 1.80. The van der Waals surface area contributed by atoms with Crippen molar-refractivity contribution in [3.63, 3.8) is 0 Å². The van der Waals surface area contributed by atoms with Crippen molar-refractivity contribution in [1.29, 1.82) is 0 Å². The number of carbonyl (C=O) groups excluding carboxylic acids is 3. The van der Waals surface area contributed by atoms with Gasteiger partial charge < -0.3 is 10.2 Å². The molecule has 162 valence electrons. The Kier molecular flexibility index (Phi) is 5.69. The van der Waals surface area contributed by atoms with Crippen molar-refractivity contribution in [2.75, 3.05) is 5.32 Å². The van der Waals surface area contributed by atoms with Gasteiger partial charge in [-0.15, -0.1) is 0 Å². The minimum Gasteiger partial charge on any atom is -0.329 e. The maximum absolute atomic E-state index is 13.8. The number of hydrogen-bond donors (Lipinski definition) is 1. The highest BCUT2D eigenvalue weighted by Gasteiger charge is 2.56. The van der Waals surface area contributed by atoms with E-state index in [1.807, 2.05) is 29.2 Å². The van der Waals surface area contributed by atoms with E-state index in [9.17, 15) is 14.4 Å². The fraction of sp³-hybridized carbons (Fsp3) is 0.423. The van der Waals surface area contributed by atoms with Crippen LogP contribution in [0.15, 0.2) is 48.5 Å². The fourth-order valence-electron chi connectivity index (χ4n) is 5.46. The van der Waals surface area contributed by atoms with E-state index in [0.29, 0.717) is 16.8 Å². The lowest BCUT2D eigenvalue weighted by Crippen LogP contribution is -2.62. The Morgan fingerprint density at radius 1 is 1.13 bits per heavy atom. The molecule has 0 saturated heterocycles. The van der Waals surface area contributed by atoms with Crippen LogP contribution in [-0.2, 0) is 4.79 Å². The lowest BCUT2D eigenvalue weighted by Gasteiger charge is -2.52. The third kappa shape index (κ3) is 3.56. The molecule has 0 radical (unpaired) electrons. The predicted octanol–water partition coefficient (Wildman–Crippen LogP) is 5.18. The van der Waals surface area contributed by atoms with Crippen LogP contribution in [0.2, 0.25) is 0 Å². The van der Waals surface area contributed by atoms with Crippen LogP contribution >= 0.6 is 0 Å². The molecule has 1 aliphatic carbocycles. The first-order chi connectivity index (χ1) is 14.9. The number of rotatable bonds is 5. The lowest BCUT2D eigenvalue weighted by molar-refractivity contribution is -0.121. The number of fused-ring (bicyclic) bond motifs is 1. The number of nitrogens with zero attached hydrogens (tertiary/aromatic N) is 1. The van der Waals surface area contributed by atoms with E-state index in [2.05, 4.69) is 19.2 Å². The summed E-state index contributed by atoms with van der Waals surface area (Å²) in [5.74, 6) is -0.566. The van der Waals surface area contributed by atoms with Crippen LogP contribution in [0, 0.1) is 0 Å². The van der Waals surface area contributed by atoms with E-state index < -0.39 is 11.5 Å². The van der Waals surface area contributed by atoms with E-state index in [0.717, 1.165) is 37.7 Å². The summed E-state index contributed by atoms with van der Waals surface area (Å²) in [4.78, 5) is 41.2. The topological polar surface area (TPSA) is 66.5 Å². The van der Waals surface area contributed by atoms with Gasteiger partial charge in [0.15, 0.2) is 5.78 Å². The number of anilines is 1. The summed E-state index contributed by atoms with van der Waals surface area (Å²) in [6, 6.07) is 14.6. The molecule has 2 aliphatic rings. The second kappa shape index (κ2) is 8.29. The molecule has 2 aromatic carbocycles. The Morgan fingerprint density at radius 3 is 2.52 bits per heavy atom. The van der Waals surface area contributed by atoms with E-state index >= 15 is 0 Å². The highest BCUT2D eigenvalue weighted by molar-refractivity contribution is 6.05. The van der Waals surface area contributed by atoms with Gasteiger partial charge in [-0.05, 0) is 56.9 Å².